The molecule has 0 amide bonds. The maximum atomic E-state index is 10.3. The first-order valence-corrected chi connectivity index (χ1v) is 7.83. The highest BCUT2D eigenvalue weighted by atomic mass is 16.7. The van der Waals surface area contributed by atoms with Gasteiger partial charge < -0.3 is 38.6 Å². The molecule has 8 nitrogen and oxygen atoms in total. The van der Waals surface area contributed by atoms with E-state index >= 15 is 0 Å². The first kappa shape index (κ1) is 19.0. The fourth-order valence-electron chi connectivity index (χ4n) is 3.12. The molecule has 0 aliphatic carbocycles. The third-order valence-electron chi connectivity index (χ3n) is 4.53. The molecule has 2 aliphatic heterocycles. The number of methoxy groups -OCH3 is 3. The van der Waals surface area contributed by atoms with Crippen molar-refractivity contribution in [2.24, 2.45) is 0 Å². The van der Waals surface area contributed by atoms with Gasteiger partial charge >= 0.3 is 0 Å². The van der Waals surface area contributed by atoms with E-state index in [9.17, 15) is 10.2 Å². The Balaban J connectivity index is 2.07. The van der Waals surface area contributed by atoms with Gasteiger partial charge in [-0.3, -0.25) is 0 Å². The first-order valence-electron chi connectivity index (χ1n) is 7.83. The van der Waals surface area contributed by atoms with E-state index in [1.54, 1.807) is 21.1 Å². The molecule has 136 valence electrons. The van der Waals surface area contributed by atoms with Crippen molar-refractivity contribution in [3.8, 4) is 0 Å². The molecule has 2 aliphatic rings. The molecule has 2 saturated heterocycles. The lowest BCUT2D eigenvalue weighted by molar-refractivity contribution is -0.338. The summed E-state index contributed by atoms with van der Waals surface area (Å²) in [4.78, 5) is 0. The maximum Gasteiger partial charge on any atom is 0.187 e. The first-order chi connectivity index (χ1) is 10.9. The van der Waals surface area contributed by atoms with Crippen LogP contribution in [0.25, 0.3) is 0 Å². The maximum absolute atomic E-state index is 10.3. The van der Waals surface area contributed by atoms with Crippen LogP contribution in [0, 0.1) is 0 Å². The van der Waals surface area contributed by atoms with E-state index in [0.29, 0.717) is 6.42 Å². The second kappa shape index (κ2) is 8.17. The summed E-state index contributed by atoms with van der Waals surface area (Å²) in [6.07, 6.45) is -5.15. The fourth-order valence-corrected chi connectivity index (χ4v) is 3.12. The smallest absolute Gasteiger partial charge is 0.187 e. The van der Waals surface area contributed by atoms with Gasteiger partial charge in [0, 0.05) is 27.8 Å². The van der Waals surface area contributed by atoms with Crippen LogP contribution in [-0.2, 0) is 28.4 Å². The summed E-state index contributed by atoms with van der Waals surface area (Å²) in [7, 11) is 4.60. The highest BCUT2D eigenvalue weighted by Gasteiger charge is 2.47. The molecule has 8 heteroatoms. The Labute approximate surface area is 136 Å². The Morgan fingerprint density at radius 2 is 1.52 bits per heavy atom. The van der Waals surface area contributed by atoms with Crippen molar-refractivity contribution in [1.82, 2.24) is 0 Å². The second-order valence-corrected chi connectivity index (χ2v) is 6.01. The normalized spacial score (nSPS) is 48.4. The topological polar surface area (TPSA) is 95.8 Å². The van der Waals surface area contributed by atoms with Gasteiger partial charge in [0.25, 0.3) is 0 Å². The van der Waals surface area contributed by atoms with Gasteiger partial charge in [0.1, 0.15) is 24.4 Å². The second-order valence-electron chi connectivity index (χ2n) is 6.01. The van der Waals surface area contributed by atoms with Gasteiger partial charge in [-0.25, -0.2) is 0 Å². The Morgan fingerprint density at radius 1 is 0.826 bits per heavy atom. The highest BCUT2D eigenvalue weighted by molar-refractivity contribution is 4.91. The van der Waals surface area contributed by atoms with E-state index in [0.717, 1.165) is 0 Å². The van der Waals surface area contributed by atoms with Crippen LogP contribution in [0.1, 0.15) is 20.3 Å². The molecule has 0 saturated carbocycles. The molecule has 2 heterocycles. The van der Waals surface area contributed by atoms with Gasteiger partial charge in [-0.05, 0) is 13.8 Å². The molecule has 2 fully saturated rings. The lowest BCUT2D eigenvalue weighted by Crippen LogP contribution is -2.60. The van der Waals surface area contributed by atoms with E-state index < -0.39 is 36.8 Å². The molecule has 23 heavy (non-hydrogen) atoms. The van der Waals surface area contributed by atoms with Crippen molar-refractivity contribution in [1.29, 1.82) is 0 Å². The van der Waals surface area contributed by atoms with Crippen LogP contribution in [0.5, 0.6) is 0 Å². The van der Waals surface area contributed by atoms with Crippen molar-refractivity contribution in [3.05, 3.63) is 0 Å². The van der Waals surface area contributed by atoms with Crippen LogP contribution >= 0.6 is 0 Å². The number of hydrogen-bond acceptors (Lipinski definition) is 8. The molecule has 0 spiro atoms. The SMILES string of the molecule is CO[C@H]1C[C@H](OC)[C@H](O[C@@H]2O[C@H](C)[C@@H](O)[C@H](OC)[C@H]2O)[C@@H](C)O1. The lowest BCUT2D eigenvalue weighted by atomic mass is 9.98. The zero-order chi connectivity index (χ0) is 17.1. The average molecular weight is 336 g/mol. The van der Waals surface area contributed by atoms with Crippen molar-refractivity contribution in [2.45, 2.75) is 75.6 Å². The standard InChI is InChI=1S/C15H28O8/c1-7-11(16)14(20-5)12(17)15(22-7)23-13-8(2)21-10(19-4)6-9(13)18-3/h7-17H,6H2,1-5H3/t7-,8-,9+,10-,11-,12-,13-,14+,15+/m1/s1. The quantitative estimate of drug-likeness (QED) is 0.703. The number of rotatable bonds is 5. The molecule has 0 aromatic rings. The van der Waals surface area contributed by atoms with E-state index in [2.05, 4.69) is 0 Å². The predicted molar refractivity (Wildman–Crippen MR) is 78.8 cm³/mol. The van der Waals surface area contributed by atoms with Crippen LogP contribution in [0.4, 0.5) is 0 Å². The van der Waals surface area contributed by atoms with Gasteiger partial charge in [-0.2, -0.15) is 0 Å². The van der Waals surface area contributed by atoms with Gasteiger partial charge in [0.2, 0.25) is 0 Å². The summed E-state index contributed by atoms with van der Waals surface area (Å²) in [5, 5.41) is 20.4. The Hall–Kier alpha value is -0.320. The van der Waals surface area contributed by atoms with E-state index in [-0.39, 0.29) is 18.5 Å². The molecule has 0 bridgehead atoms. The van der Waals surface area contributed by atoms with Crippen molar-refractivity contribution in [2.75, 3.05) is 21.3 Å². The van der Waals surface area contributed by atoms with Crippen LogP contribution in [-0.4, -0.2) is 86.9 Å². The summed E-state index contributed by atoms with van der Waals surface area (Å²) >= 11 is 0. The van der Waals surface area contributed by atoms with E-state index in [1.165, 1.54) is 7.11 Å². The van der Waals surface area contributed by atoms with Crippen LogP contribution in [0.2, 0.25) is 0 Å². The monoisotopic (exact) mass is 336 g/mol. The van der Waals surface area contributed by atoms with Gasteiger partial charge in [0.05, 0.1) is 18.3 Å². The lowest BCUT2D eigenvalue weighted by Gasteiger charge is -2.45. The van der Waals surface area contributed by atoms with Crippen molar-refractivity contribution in [3.63, 3.8) is 0 Å². The minimum absolute atomic E-state index is 0.261. The zero-order valence-corrected chi connectivity index (χ0v) is 14.2. The Kier molecular flexibility index (Phi) is 6.76. The third-order valence-corrected chi connectivity index (χ3v) is 4.53. The van der Waals surface area contributed by atoms with Gasteiger partial charge in [-0.15, -0.1) is 0 Å². The molecule has 2 rings (SSSR count). The molecule has 0 aromatic carbocycles. The summed E-state index contributed by atoms with van der Waals surface area (Å²) in [6, 6.07) is 0. The van der Waals surface area contributed by atoms with Crippen molar-refractivity contribution >= 4 is 0 Å². The average Bonchev–Trinajstić information content (AvgIpc) is 2.54. The summed E-state index contributed by atoms with van der Waals surface area (Å²) in [5.74, 6) is 0. The number of aliphatic hydroxyl groups excluding tert-OH is 2. The van der Waals surface area contributed by atoms with Gasteiger partial charge in [-0.1, -0.05) is 0 Å². The molecular formula is C15H28O8. The van der Waals surface area contributed by atoms with E-state index in [4.69, 9.17) is 28.4 Å². The molecule has 9 atom stereocenters. The Bertz CT molecular complexity index is 367. The Morgan fingerprint density at radius 3 is 2.09 bits per heavy atom. The molecule has 0 unspecified atom stereocenters. The fraction of sp³-hybridized carbons (Fsp3) is 1.00. The molecule has 0 aromatic heterocycles. The van der Waals surface area contributed by atoms with Crippen LogP contribution in [0.15, 0.2) is 0 Å². The molecule has 0 radical (unpaired) electrons. The zero-order valence-electron chi connectivity index (χ0n) is 14.2. The molecular weight excluding hydrogens is 308 g/mol. The molecule has 2 N–H and O–H groups in total. The van der Waals surface area contributed by atoms with Crippen molar-refractivity contribution < 1.29 is 38.6 Å². The van der Waals surface area contributed by atoms with Gasteiger partial charge in [0.15, 0.2) is 12.6 Å². The number of ether oxygens (including phenoxy) is 6. The minimum atomic E-state index is -1.11. The van der Waals surface area contributed by atoms with Crippen LogP contribution in [0.3, 0.4) is 0 Å². The highest BCUT2D eigenvalue weighted by Crippen LogP contribution is 2.30. The summed E-state index contributed by atoms with van der Waals surface area (Å²) < 4.78 is 33.1. The third kappa shape index (κ3) is 4.02. The largest absolute Gasteiger partial charge is 0.388 e. The summed E-state index contributed by atoms with van der Waals surface area (Å²) in [5.41, 5.74) is 0. The summed E-state index contributed by atoms with van der Waals surface area (Å²) in [6.45, 7) is 3.55. The van der Waals surface area contributed by atoms with Crippen LogP contribution < -0.4 is 0 Å². The number of hydrogen-bond donors (Lipinski definition) is 2. The predicted octanol–water partition coefficient (Wildman–Crippen LogP) is -0.350. The minimum Gasteiger partial charge on any atom is -0.388 e. The van der Waals surface area contributed by atoms with E-state index in [1.807, 2.05) is 6.92 Å². The number of aliphatic hydroxyl groups is 2.